The minimum absolute atomic E-state index is 0.0632. The van der Waals surface area contributed by atoms with Crippen molar-refractivity contribution in [2.45, 2.75) is 20.0 Å². The van der Waals surface area contributed by atoms with Gasteiger partial charge in [-0.3, -0.25) is 4.79 Å². The van der Waals surface area contributed by atoms with Crippen LogP contribution in [0.3, 0.4) is 0 Å². The zero-order valence-electron chi connectivity index (χ0n) is 12.9. The van der Waals surface area contributed by atoms with Gasteiger partial charge >= 0.3 is 12.1 Å². The van der Waals surface area contributed by atoms with Gasteiger partial charge in [0.2, 0.25) is 5.89 Å². The van der Waals surface area contributed by atoms with Crippen molar-refractivity contribution in [3.05, 3.63) is 47.5 Å². The molecule has 0 aliphatic rings. The third-order valence-corrected chi connectivity index (χ3v) is 3.53. The van der Waals surface area contributed by atoms with Gasteiger partial charge in [-0.2, -0.15) is 13.2 Å². The predicted molar refractivity (Wildman–Crippen MR) is 83.6 cm³/mol. The Kier molecular flexibility index (Phi) is 3.79. The second-order valence-electron chi connectivity index (χ2n) is 5.47. The summed E-state index contributed by atoms with van der Waals surface area (Å²) in [6.07, 6.45) is -4.95. The van der Waals surface area contributed by atoms with Crippen LogP contribution in [-0.4, -0.2) is 17.1 Å². The predicted octanol–water partition coefficient (Wildman–Crippen LogP) is 4.61. The summed E-state index contributed by atoms with van der Waals surface area (Å²) in [6, 6.07) is 10.2. The van der Waals surface area contributed by atoms with Crippen LogP contribution in [-0.2, 0) is 4.79 Å². The molecule has 4 nitrogen and oxygen atoms in total. The molecular formula is C17H13F3N2O2. The summed E-state index contributed by atoms with van der Waals surface area (Å²) in [4.78, 5) is 15.5. The van der Waals surface area contributed by atoms with Gasteiger partial charge in [0.15, 0.2) is 5.58 Å². The van der Waals surface area contributed by atoms with E-state index in [9.17, 15) is 18.0 Å². The number of benzene rings is 2. The number of carbonyl (C=O) groups is 1. The molecule has 0 radical (unpaired) electrons. The van der Waals surface area contributed by atoms with E-state index in [1.165, 1.54) is 6.07 Å². The topological polar surface area (TPSA) is 55.1 Å². The summed E-state index contributed by atoms with van der Waals surface area (Å²) >= 11 is 0. The molecule has 2 aromatic carbocycles. The number of nitrogens with zero attached hydrogens (tertiary/aromatic N) is 1. The van der Waals surface area contributed by atoms with E-state index in [1.807, 2.05) is 24.4 Å². The van der Waals surface area contributed by atoms with Gasteiger partial charge in [-0.25, -0.2) is 4.98 Å². The molecule has 124 valence electrons. The Hall–Kier alpha value is -2.83. The highest BCUT2D eigenvalue weighted by Gasteiger charge is 2.38. The van der Waals surface area contributed by atoms with Crippen molar-refractivity contribution < 1.29 is 22.4 Å². The van der Waals surface area contributed by atoms with Crippen LogP contribution in [0.15, 0.2) is 40.8 Å². The first kappa shape index (κ1) is 16.0. The summed E-state index contributed by atoms with van der Waals surface area (Å²) in [5.41, 5.74) is 3.29. The molecule has 1 heterocycles. The van der Waals surface area contributed by atoms with Gasteiger partial charge in [0.05, 0.1) is 0 Å². The summed E-state index contributed by atoms with van der Waals surface area (Å²) < 4.78 is 42.9. The minimum Gasteiger partial charge on any atom is -0.436 e. The molecule has 3 aromatic rings. The third kappa shape index (κ3) is 3.10. The molecule has 7 heteroatoms. The quantitative estimate of drug-likeness (QED) is 0.744. The largest absolute Gasteiger partial charge is 0.471 e. The first-order valence-corrected chi connectivity index (χ1v) is 7.10. The van der Waals surface area contributed by atoms with Gasteiger partial charge < -0.3 is 9.73 Å². The average molecular weight is 334 g/mol. The number of alkyl halides is 3. The molecule has 3 rings (SSSR count). The van der Waals surface area contributed by atoms with Crippen LogP contribution in [0.2, 0.25) is 0 Å². The highest BCUT2D eigenvalue weighted by atomic mass is 19.4. The number of carbonyl (C=O) groups excluding carboxylic acids is 1. The number of hydrogen-bond donors (Lipinski definition) is 1. The maximum atomic E-state index is 12.4. The number of aryl methyl sites for hydroxylation is 2. The molecule has 0 unspecified atom stereocenters. The summed E-state index contributed by atoms with van der Waals surface area (Å²) in [5, 5.41) is 1.87. The molecule has 0 saturated carbocycles. The number of anilines is 1. The van der Waals surface area contributed by atoms with Crippen molar-refractivity contribution in [1.82, 2.24) is 4.98 Å². The lowest BCUT2D eigenvalue weighted by Crippen LogP contribution is -2.30. The van der Waals surface area contributed by atoms with Crippen LogP contribution in [0, 0.1) is 13.8 Å². The Morgan fingerprint density at radius 1 is 1.12 bits per heavy atom. The molecule has 0 bridgehead atoms. The minimum atomic E-state index is -4.95. The van der Waals surface area contributed by atoms with E-state index >= 15 is 0 Å². The number of fused-ring (bicyclic) bond motifs is 1. The Balaban J connectivity index is 1.99. The molecule has 1 aromatic heterocycles. The van der Waals surface area contributed by atoms with Crippen molar-refractivity contribution in [3.63, 3.8) is 0 Å². The van der Waals surface area contributed by atoms with Crippen molar-refractivity contribution in [3.8, 4) is 11.5 Å². The zero-order valence-corrected chi connectivity index (χ0v) is 12.9. The molecule has 0 atom stereocenters. The van der Waals surface area contributed by atoms with E-state index in [2.05, 4.69) is 4.98 Å². The normalized spacial score (nSPS) is 11.7. The van der Waals surface area contributed by atoms with Crippen LogP contribution in [0.25, 0.3) is 22.6 Å². The van der Waals surface area contributed by atoms with E-state index < -0.39 is 12.1 Å². The molecule has 0 saturated heterocycles. The number of amides is 1. The summed E-state index contributed by atoms with van der Waals surface area (Å²) in [5.74, 6) is -1.74. The first-order valence-electron chi connectivity index (χ1n) is 7.10. The number of aromatic nitrogens is 1. The fourth-order valence-electron chi connectivity index (χ4n) is 2.24. The Morgan fingerprint density at radius 3 is 2.58 bits per heavy atom. The first-order chi connectivity index (χ1) is 11.2. The van der Waals surface area contributed by atoms with Gasteiger partial charge in [0, 0.05) is 11.3 Å². The van der Waals surface area contributed by atoms with Gasteiger partial charge in [0.1, 0.15) is 5.52 Å². The van der Waals surface area contributed by atoms with E-state index in [0.717, 1.165) is 5.56 Å². The Labute approximate surface area is 135 Å². The van der Waals surface area contributed by atoms with Crippen LogP contribution in [0.4, 0.5) is 18.9 Å². The molecule has 1 N–H and O–H groups in total. The molecule has 0 aliphatic heterocycles. The summed E-state index contributed by atoms with van der Waals surface area (Å²) in [6.45, 7) is 3.52. The molecule has 1 amide bonds. The molecule has 24 heavy (non-hydrogen) atoms. The maximum absolute atomic E-state index is 12.4. The average Bonchev–Trinajstić information content (AvgIpc) is 2.91. The standard InChI is InChI=1S/C17H13F3N2O2/c1-9-3-6-12-14(7-9)24-15(21-12)11-5-4-10(2)13(8-11)22-16(23)17(18,19)20/h3-8H,1-2H3,(H,22,23). The molecule has 0 fully saturated rings. The second-order valence-corrected chi connectivity index (χ2v) is 5.47. The Bertz CT molecular complexity index is 929. The van der Waals surface area contributed by atoms with Crippen LogP contribution >= 0.6 is 0 Å². The maximum Gasteiger partial charge on any atom is 0.471 e. The SMILES string of the molecule is Cc1ccc2nc(-c3ccc(C)c(NC(=O)C(F)(F)F)c3)oc2c1. The smallest absolute Gasteiger partial charge is 0.436 e. The lowest BCUT2D eigenvalue weighted by molar-refractivity contribution is -0.167. The second kappa shape index (κ2) is 5.67. The number of hydrogen-bond acceptors (Lipinski definition) is 3. The zero-order chi connectivity index (χ0) is 17.5. The molecule has 0 spiro atoms. The van der Waals surface area contributed by atoms with Crippen LogP contribution in [0.5, 0.6) is 0 Å². The van der Waals surface area contributed by atoms with Crippen molar-refractivity contribution in [1.29, 1.82) is 0 Å². The fourth-order valence-corrected chi connectivity index (χ4v) is 2.24. The number of oxazole rings is 1. The van der Waals surface area contributed by atoms with Crippen molar-refractivity contribution in [2.24, 2.45) is 0 Å². The van der Waals surface area contributed by atoms with Gasteiger partial charge in [-0.15, -0.1) is 0 Å². The van der Waals surface area contributed by atoms with E-state index in [-0.39, 0.29) is 11.6 Å². The van der Waals surface area contributed by atoms with E-state index in [1.54, 1.807) is 25.1 Å². The molecular weight excluding hydrogens is 321 g/mol. The number of nitrogens with one attached hydrogen (secondary N) is 1. The van der Waals surface area contributed by atoms with Crippen LogP contribution in [0.1, 0.15) is 11.1 Å². The van der Waals surface area contributed by atoms with Crippen LogP contribution < -0.4 is 5.32 Å². The number of halogens is 3. The Morgan fingerprint density at radius 2 is 1.88 bits per heavy atom. The van der Waals surface area contributed by atoms with Crippen molar-refractivity contribution >= 4 is 22.7 Å². The lowest BCUT2D eigenvalue weighted by atomic mass is 10.1. The lowest BCUT2D eigenvalue weighted by Gasteiger charge is -2.11. The van der Waals surface area contributed by atoms with E-state index in [4.69, 9.17) is 4.42 Å². The van der Waals surface area contributed by atoms with Gasteiger partial charge in [-0.05, 0) is 49.2 Å². The summed E-state index contributed by atoms with van der Waals surface area (Å²) in [7, 11) is 0. The third-order valence-electron chi connectivity index (χ3n) is 3.53. The fraction of sp³-hybridized carbons (Fsp3) is 0.176. The van der Waals surface area contributed by atoms with E-state index in [0.29, 0.717) is 22.2 Å². The highest BCUT2D eigenvalue weighted by Crippen LogP contribution is 2.29. The highest BCUT2D eigenvalue weighted by molar-refractivity contribution is 5.96. The van der Waals surface area contributed by atoms with Crippen molar-refractivity contribution in [2.75, 3.05) is 5.32 Å². The molecule has 0 aliphatic carbocycles. The van der Waals surface area contributed by atoms with Gasteiger partial charge in [0.25, 0.3) is 0 Å². The monoisotopic (exact) mass is 334 g/mol. The van der Waals surface area contributed by atoms with Gasteiger partial charge in [-0.1, -0.05) is 12.1 Å². The number of rotatable bonds is 2.